The van der Waals surface area contributed by atoms with Gasteiger partial charge in [-0.15, -0.1) is 0 Å². The van der Waals surface area contributed by atoms with E-state index in [9.17, 15) is 0 Å². The van der Waals surface area contributed by atoms with Gasteiger partial charge < -0.3 is 4.42 Å². The van der Waals surface area contributed by atoms with E-state index in [-0.39, 0.29) is 0 Å². The van der Waals surface area contributed by atoms with Gasteiger partial charge >= 0.3 is 0 Å². The summed E-state index contributed by atoms with van der Waals surface area (Å²) in [6.45, 7) is 0. The second-order valence-corrected chi connectivity index (χ2v) is 4.96. The fraction of sp³-hybridized carbons (Fsp3) is 0.0714. The van der Waals surface area contributed by atoms with Gasteiger partial charge in [0.05, 0.1) is 22.1 Å². The van der Waals surface area contributed by atoms with E-state index < -0.39 is 0 Å². The molecule has 0 unspecified atom stereocenters. The van der Waals surface area contributed by atoms with Crippen LogP contribution in [0.15, 0.2) is 46.0 Å². The van der Waals surface area contributed by atoms with Crippen LogP contribution in [0.25, 0.3) is 33.2 Å². The minimum atomic E-state index is 0.662. The first-order chi connectivity index (χ1) is 9.33. The van der Waals surface area contributed by atoms with Crippen LogP contribution in [-0.4, -0.2) is 21.2 Å². The SMILES string of the molecule is CSc1nc2cc3nc4ccccc4nc3cc2o1. The average Bonchev–Trinajstić information content (AvgIpc) is 2.84. The third kappa shape index (κ3) is 1.66. The zero-order valence-corrected chi connectivity index (χ0v) is 10.9. The van der Waals surface area contributed by atoms with Crippen molar-refractivity contribution in [1.82, 2.24) is 15.0 Å². The molecule has 0 amide bonds. The van der Waals surface area contributed by atoms with Crippen LogP contribution in [0.1, 0.15) is 0 Å². The Hall–Kier alpha value is -2.14. The Morgan fingerprint density at radius 3 is 2.21 bits per heavy atom. The van der Waals surface area contributed by atoms with E-state index in [0.717, 1.165) is 33.2 Å². The molecule has 4 rings (SSSR count). The quantitative estimate of drug-likeness (QED) is 0.389. The number of rotatable bonds is 1. The van der Waals surface area contributed by atoms with Gasteiger partial charge in [-0.1, -0.05) is 23.9 Å². The van der Waals surface area contributed by atoms with Crippen LogP contribution in [-0.2, 0) is 0 Å². The van der Waals surface area contributed by atoms with Crippen molar-refractivity contribution in [3.8, 4) is 0 Å². The second-order valence-electron chi connectivity index (χ2n) is 4.20. The molecule has 0 radical (unpaired) electrons. The molecule has 0 spiro atoms. The molecule has 0 bridgehead atoms. The minimum Gasteiger partial charge on any atom is -0.431 e. The Morgan fingerprint density at radius 2 is 1.53 bits per heavy atom. The third-order valence-electron chi connectivity index (χ3n) is 3.00. The molecule has 92 valence electrons. The van der Waals surface area contributed by atoms with E-state index in [1.165, 1.54) is 11.8 Å². The van der Waals surface area contributed by atoms with E-state index in [4.69, 9.17) is 4.42 Å². The fourth-order valence-electron chi connectivity index (χ4n) is 2.11. The van der Waals surface area contributed by atoms with Crippen molar-refractivity contribution in [3.05, 3.63) is 36.4 Å². The van der Waals surface area contributed by atoms with Crippen molar-refractivity contribution in [2.75, 3.05) is 6.26 Å². The smallest absolute Gasteiger partial charge is 0.256 e. The molecule has 0 fully saturated rings. The lowest BCUT2D eigenvalue weighted by Crippen LogP contribution is -1.86. The van der Waals surface area contributed by atoms with E-state index in [1.807, 2.05) is 42.7 Å². The predicted octanol–water partition coefficient (Wildman–Crippen LogP) is 3.65. The molecule has 0 saturated heterocycles. The number of hydrogen-bond acceptors (Lipinski definition) is 5. The summed E-state index contributed by atoms with van der Waals surface area (Å²) in [7, 11) is 0. The highest BCUT2D eigenvalue weighted by Crippen LogP contribution is 2.26. The van der Waals surface area contributed by atoms with Crippen molar-refractivity contribution >= 4 is 44.9 Å². The fourth-order valence-corrected chi connectivity index (χ4v) is 2.47. The van der Waals surface area contributed by atoms with Gasteiger partial charge in [0.1, 0.15) is 5.52 Å². The number of para-hydroxylation sites is 2. The molecular weight excluding hydrogens is 258 g/mol. The van der Waals surface area contributed by atoms with Crippen molar-refractivity contribution in [1.29, 1.82) is 0 Å². The number of benzene rings is 2. The largest absolute Gasteiger partial charge is 0.431 e. The maximum atomic E-state index is 5.62. The standard InChI is InChI=1S/C14H9N3OS/c1-19-14-17-12-6-10-11(7-13(12)18-14)16-9-5-3-2-4-8(9)15-10/h2-7H,1H3. The molecule has 0 aliphatic heterocycles. The zero-order valence-electron chi connectivity index (χ0n) is 10.1. The highest BCUT2D eigenvalue weighted by Gasteiger charge is 2.08. The minimum absolute atomic E-state index is 0.662. The van der Waals surface area contributed by atoms with Gasteiger partial charge in [-0.3, -0.25) is 0 Å². The summed E-state index contributed by atoms with van der Waals surface area (Å²) < 4.78 is 5.62. The summed E-state index contributed by atoms with van der Waals surface area (Å²) in [4.78, 5) is 13.6. The molecular formula is C14H9N3OS. The monoisotopic (exact) mass is 267 g/mol. The Bertz CT molecular complexity index is 844. The summed E-state index contributed by atoms with van der Waals surface area (Å²) in [5.74, 6) is 0. The summed E-state index contributed by atoms with van der Waals surface area (Å²) in [5.41, 5.74) is 5.02. The number of hydrogen-bond donors (Lipinski definition) is 0. The van der Waals surface area contributed by atoms with Crippen LogP contribution in [0, 0.1) is 0 Å². The van der Waals surface area contributed by atoms with Crippen LogP contribution < -0.4 is 0 Å². The topological polar surface area (TPSA) is 51.8 Å². The number of thioether (sulfide) groups is 1. The molecule has 0 atom stereocenters. The van der Waals surface area contributed by atoms with Gasteiger partial charge in [-0.2, -0.15) is 0 Å². The molecule has 0 aliphatic rings. The highest BCUT2D eigenvalue weighted by atomic mass is 32.2. The molecule has 19 heavy (non-hydrogen) atoms. The van der Waals surface area contributed by atoms with Gasteiger partial charge in [-0.25, -0.2) is 15.0 Å². The molecule has 2 aromatic carbocycles. The normalized spacial score (nSPS) is 11.6. The first-order valence-corrected chi connectivity index (χ1v) is 7.07. The third-order valence-corrected chi connectivity index (χ3v) is 3.53. The highest BCUT2D eigenvalue weighted by molar-refractivity contribution is 7.98. The van der Waals surface area contributed by atoms with E-state index in [0.29, 0.717) is 5.22 Å². The Morgan fingerprint density at radius 1 is 0.842 bits per heavy atom. The van der Waals surface area contributed by atoms with Crippen LogP contribution >= 0.6 is 11.8 Å². The Kier molecular flexibility index (Phi) is 2.22. The van der Waals surface area contributed by atoms with E-state index in [1.54, 1.807) is 0 Å². The summed E-state index contributed by atoms with van der Waals surface area (Å²) in [5, 5.41) is 0.662. The van der Waals surface area contributed by atoms with Crippen molar-refractivity contribution in [3.63, 3.8) is 0 Å². The number of nitrogens with zero attached hydrogens (tertiary/aromatic N) is 3. The van der Waals surface area contributed by atoms with Crippen LogP contribution in [0.4, 0.5) is 0 Å². The van der Waals surface area contributed by atoms with Crippen molar-refractivity contribution < 1.29 is 4.42 Å². The van der Waals surface area contributed by atoms with Crippen LogP contribution in [0.2, 0.25) is 0 Å². The summed E-state index contributed by atoms with van der Waals surface area (Å²) in [6, 6.07) is 11.7. The average molecular weight is 267 g/mol. The number of aromatic nitrogens is 3. The Balaban J connectivity index is 2.11. The lowest BCUT2D eigenvalue weighted by molar-refractivity contribution is 0.490. The number of oxazole rings is 1. The van der Waals surface area contributed by atoms with E-state index >= 15 is 0 Å². The van der Waals surface area contributed by atoms with Crippen molar-refractivity contribution in [2.24, 2.45) is 0 Å². The number of fused-ring (bicyclic) bond motifs is 3. The van der Waals surface area contributed by atoms with Gasteiger partial charge in [0, 0.05) is 6.07 Å². The summed E-state index contributed by atoms with van der Waals surface area (Å²) >= 11 is 1.49. The maximum Gasteiger partial charge on any atom is 0.256 e. The van der Waals surface area contributed by atoms with Gasteiger partial charge in [0.15, 0.2) is 5.58 Å². The molecule has 4 aromatic rings. The molecule has 2 heterocycles. The van der Waals surface area contributed by atoms with Crippen LogP contribution in [0.3, 0.4) is 0 Å². The molecule has 0 saturated carbocycles. The van der Waals surface area contributed by atoms with Crippen LogP contribution in [0.5, 0.6) is 0 Å². The first-order valence-electron chi connectivity index (χ1n) is 5.84. The molecule has 2 aromatic heterocycles. The summed E-state index contributed by atoms with van der Waals surface area (Å²) in [6.07, 6.45) is 1.94. The second kappa shape index (κ2) is 3.93. The first kappa shape index (κ1) is 10.8. The van der Waals surface area contributed by atoms with E-state index in [2.05, 4.69) is 15.0 Å². The molecule has 5 heteroatoms. The zero-order chi connectivity index (χ0) is 12.8. The van der Waals surface area contributed by atoms with Gasteiger partial charge in [0.2, 0.25) is 0 Å². The van der Waals surface area contributed by atoms with Gasteiger partial charge in [-0.05, 0) is 24.5 Å². The predicted molar refractivity (Wildman–Crippen MR) is 76.4 cm³/mol. The van der Waals surface area contributed by atoms with Gasteiger partial charge in [0.25, 0.3) is 5.22 Å². The molecule has 4 nitrogen and oxygen atoms in total. The molecule has 0 aliphatic carbocycles. The molecule has 0 N–H and O–H groups in total. The Labute approximate surface area is 112 Å². The lowest BCUT2D eigenvalue weighted by atomic mass is 10.2. The maximum absolute atomic E-state index is 5.62. The lowest BCUT2D eigenvalue weighted by Gasteiger charge is -1.99. The van der Waals surface area contributed by atoms with Crippen molar-refractivity contribution in [2.45, 2.75) is 5.22 Å².